The Kier molecular flexibility index (Phi) is 3.58. The van der Waals surface area contributed by atoms with E-state index in [-0.39, 0.29) is 17.6 Å². The molecule has 5 rings (SSSR count). The largest absolute Gasteiger partial charge is 0.486 e. The van der Waals surface area contributed by atoms with Crippen molar-refractivity contribution in [1.29, 1.82) is 0 Å². The first kappa shape index (κ1) is 15.3. The summed E-state index contributed by atoms with van der Waals surface area (Å²) in [6.45, 7) is 7.37. The Morgan fingerprint density at radius 3 is 2.74 bits per heavy atom. The molecule has 1 aromatic rings. The molecule has 4 aliphatic rings. The summed E-state index contributed by atoms with van der Waals surface area (Å²) in [4.78, 5) is 15.3. The molecule has 0 radical (unpaired) electrons. The summed E-state index contributed by atoms with van der Waals surface area (Å²) in [5, 5.41) is 3.83. The number of benzene rings is 1. The highest BCUT2D eigenvalue weighted by molar-refractivity contribution is 6.31. The highest BCUT2D eigenvalue weighted by atomic mass is 35.5. The fourth-order valence-corrected chi connectivity index (χ4v) is 4.46. The molecule has 1 N–H and O–H groups in total. The van der Waals surface area contributed by atoms with Crippen LogP contribution in [0.3, 0.4) is 0 Å². The maximum atomic E-state index is 12.8. The first-order valence-corrected chi connectivity index (χ1v) is 8.84. The highest BCUT2D eigenvalue weighted by Crippen LogP contribution is 2.39. The van der Waals surface area contributed by atoms with E-state index in [4.69, 9.17) is 16.3 Å². The second kappa shape index (κ2) is 5.38. The third kappa shape index (κ3) is 2.83. The molecule has 4 heterocycles. The second-order valence-corrected chi connectivity index (χ2v) is 8.13. The van der Waals surface area contributed by atoms with Gasteiger partial charge in [0.15, 0.2) is 0 Å². The summed E-state index contributed by atoms with van der Waals surface area (Å²) in [5.41, 5.74) is 1.33. The Balaban J connectivity index is 1.58. The number of ether oxygens (including phenoxy) is 1. The lowest BCUT2D eigenvalue weighted by Crippen LogP contribution is -2.57. The molecule has 5 heteroatoms. The molecule has 0 aromatic heterocycles. The average molecular weight is 335 g/mol. The van der Waals surface area contributed by atoms with Crippen LogP contribution < -0.4 is 10.1 Å². The number of carbonyl (C=O) groups excluding carboxylic acids is 1. The van der Waals surface area contributed by atoms with Crippen molar-refractivity contribution in [3.63, 3.8) is 0 Å². The van der Waals surface area contributed by atoms with Crippen LogP contribution in [0.2, 0.25) is 5.02 Å². The minimum atomic E-state index is -0.280. The molecule has 2 bridgehead atoms. The SMILES string of the molecule is CC1(C)Cc2cc(Cl)cc(C(=O)NC3CN4CCC3CC4)c2O1. The van der Waals surface area contributed by atoms with Crippen molar-refractivity contribution in [2.45, 2.75) is 44.8 Å². The van der Waals surface area contributed by atoms with Crippen LogP contribution >= 0.6 is 11.6 Å². The van der Waals surface area contributed by atoms with E-state index in [1.165, 1.54) is 25.9 Å². The van der Waals surface area contributed by atoms with E-state index in [1.54, 1.807) is 6.07 Å². The number of halogens is 1. The molecule has 3 saturated heterocycles. The zero-order valence-electron chi connectivity index (χ0n) is 13.7. The maximum Gasteiger partial charge on any atom is 0.255 e. The predicted molar refractivity (Wildman–Crippen MR) is 90.3 cm³/mol. The number of nitrogens with zero attached hydrogens (tertiary/aromatic N) is 1. The minimum absolute atomic E-state index is 0.0554. The molecule has 1 aromatic carbocycles. The van der Waals surface area contributed by atoms with E-state index >= 15 is 0 Å². The van der Waals surface area contributed by atoms with E-state index in [9.17, 15) is 4.79 Å². The van der Waals surface area contributed by atoms with Gasteiger partial charge in [-0.2, -0.15) is 0 Å². The van der Waals surface area contributed by atoms with Crippen LogP contribution in [0, 0.1) is 5.92 Å². The fourth-order valence-electron chi connectivity index (χ4n) is 4.22. The summed E-state index contributed by atoms with van der Waals surface area (Å²) in [6, 6.07) is 3.89. The zero-order valence-corrected chi connectivity index (χ0v) is 14.4. The number of rotatable bonds is 2. The third-order valence-corrected chi connectivity index (χ3v) is 5.56. The van der Waals surface area contributed by atoms with Gasteiger partial charge in [0.25, 0.3) is 5.91 Å². The first-order chi connectivity index (χ1) is 10.9. The molecular weight excluding hydrogens is 312 g/mol. The lowest BCUT2D eigenvalue weighted by Gasteiger charge is -2.44. The molecule has 124 valence electrons. The Hall–Kier alpha value is -1.26. The summed E-state index contributed by atoms with van der Waals surface area (Å²) >= 11 is 6.23. The van der Waals surface area contributed by atoms with Crippen molar-refractivity contribution in [3.05, 3.63) is 28.3 Å². The quantitative estimate of drug-likeness (QED) is 0.904. The van der Waals surface area contributed by atoms with Gasteiger partial charge in [-0.15, -0.1) is 0 Å². The van der Waals surface area contributed by atoms with Crippen LogP contribution in [-0.4, -0.2) is 42.1 Å². The van der Waals surface area contributed by atoms with Gasteiger partial charge in [-0.1, -0.05) is 11.6 Å². The second-order valence-electron chi connectivity index (χ2n) is 7.70. The molecular formula is C18H23ClN2O2. The molecule has 23 heavy (non-hydrogen) atoms. The number of carbonyl (C=O) groups is 1. The lowest BCUT2D eigenvalue weighted by molar-refractivity contribution is 0.0616. The number of nitrogens with one attached hydrogen (secondary N) is 1. The normalized spacial score (nSPS) is 30.7. The van der Waals surface area contributed by atoms with E-state index in [2.05, 4.69) is 10.2 Å². The molecule has 1 amide bonds. The standard InChI is InChI=1S/C18H23ClN2O2/c1-18(2)9-12-7-13(19)8-14(16(12)23-18)17(22)20-15-10-21-5-3-11(15)4-6-21/h7-8,11,15H,3-6,9-10H2,1-2H3,(H,20,22). The van der Waals surface area contributed by atoms with Gasteiger partial charge in [0.05, 0.1) is 5.56 Å². The third-order valence-electron chi connectivity index (χ3n) is 5.34. The van der Waals surface area contributed by atoms with Crippen molar-refractivity contribution in [2.24, 2.45) is 5.92 Å². The van der Waals surface area contributed by atoms with Gasteiger partial charge in [0.1, 0.15) is 11.4 Å². The molecule has 0 aliphatic carbocycles. The summed E-state index contributed by atoms with van der Waals surface area (Å²) in [7, 11) is 0. The number of piperidine rings is 3. The van der Waals surface area contributed by atoms with Gasteiger partial charge in [-0.25, -0.2) is 0 Å². The minimum Gasteiger partial charge on any atom is -0.486 e. The van der Waals surface area contributed by atoms with Gasteiger partial charge in [0, 0.05) is 29.6 Å². The number of amides is 1. The van der Waals surface area contributed by atoms with Crippen molar-refractivity contribution in [1.82, 2.24) is 10.2 Å². The maximum absolute atomic E-state index is 12.8. The van der Waals surface area contributed by atoms with Gasteiger partial charge in [0.2, 0.25) is 0 Å². The Bertz CT molecular complexity index is 651. The summed E-state index contributed by atoms with van der Waals surface area (Å²) in [6.07, 6.45) is 3.15. The Morgan fingerprint density at radius 1 is 1.35 bits per heavy atom. The molecule has 0 saturated carbocycles. The number of hydrogen-bond donors (Lipinski definition) is 1. The first-order valence-electron chi connectivity index (χ1n) is 8.46. The van der Waals surface area contributed by atoms with Gasteiger partial charge in [-0.3, -0.25) is 4.79 Å². The topological polar surface area (TPSA) is 41.6 Å². The van der Waals surface area contributed by atoms with E-state index < -0.39 is 0 Å². The van der Waals surface area contributed by atoms with E-state index in [0.29, 0.717) is 22.3 Å². The Morgan fingerprint density at radius 2 is 2.09 bits per heavy atom. The fraction of sp³-hybridized carbons (Fsp3) is 0.611. The number of hydrogen-bond acceptors (Lipinski definition) is 3. The smallest absolute Gasteiger partial charge is 0.255 e. The summed E-state index contributed by atoms with van der Waals surface area (Å²) in [5.74, 6) is 1.26. The average Bonchev–Trinajstić information content (AvgIpc) is 2.81. The van der Waals surface area contributed by atoms with Gasteiger partial charge in [-0.05, 0) is 57.8 Å². The molecule has 1 atom stereocenters. The van der Waals surface area contributed by atoms with Crippen molar-refractivity contribution < 1.29 is 9.53 Å². The summed E-state index contributed by atoms with van der Waals surface area (Å²) < 4.78 is 6.02. The van der Waals surface area contributed by atoms with Crippen LogP contribution in [0.25, 0.3) is 0 Å². The molecule has 0 spiro atoms. The highest BCUT2D eigenvalue weighted by Gasteiger charge is 2.37. The van der Waals surface area contributed by atoms with Crippen molar-refractivity contribution in [2.75, 3.05) is 19.6 Å². The zero-order chi connectivity index (χ0) is 16.2. The lowest BCUT2D eigenvalue weighted by atomic mass is 9.84. The van der Waals surface area contributed by atoms with E-state index in [1.807, 2.05) is 19.9 Å². The van der Waals surface area contributed by atoms with E-state index in [0.717, 1.165) is 18.5 Å². The molecule has 1 unspecified atom stereocenters. The Labute approximate surface area is 142 Å². The molecule has 3 fully saturated rings. The van der Waals surface area contributed by atoms with Crippen molar-refractivity contribution >= 4 is 17.5 Å². The molecule has 4 aliphatic heterocycles. The van der Waals surface area contributed by atoms with Crippen LogP contribution in [0.4, 0.5) is 0 Å². The monoisotopic (exact) mass is 334 g/mol. The number of fused-ring (bicyclic) bond motifs is 4. The van der Waals surface area contributed by atoms with Gasteiger partial charge >= 0.3 is 0 Å². The molecule has 4 nitrogen and oxygen atoms in total. The van der Waals surface area contributed by atoms with Crippen LogP contribution in [0.5, 0.6) is 5.75 Å². The van der Waals surface area contributed by atoms with Crippen molar-refractivity contribution in [3.8, 4) is 5.75 Å². The van der Waals surface area contributed by atoms with Crippen LogP contribution in [0.1, 0.15) is 42.6 Å². The predicted octanol–water partition coefficient (Wildman–Crippen LogP) is 2.88. The van der Waals surface area contributed by atoms with Crippen LogP contribution in [0.15, 0.2) is 12.1 Å². The van der Waals surface area contributed by atoms with Gasteiger partial charge < -0.3 is 15.0 Å². The van der Waals surface area contributed by atoms with Crippen LogP contribution in [-0.2, 0) is 6.42 Å².